The van der Waals surface area contributed by atoms with Crippen LogP contribution in [-0.2, 0) is 0 Å². The predicted molar refractivity (Wildman–Crippen MR) is 67.6 cm³/mol. The number of aryl methyl sites for hydroxylation is 1. The minimum atomic E-state index is 0.475. The summed E-state index contributed by atoms with van der Waals surface area (Å²) in [6, 6.07) is 2.04. The molecule has 2 aromatic rings. The van der Waals surface area contributed by atoms with E-state index in [0.29, 0.717) is 11.1 Å². The Labute approximate surface area is 97.1 Å². The standard InChI is InChI=1S/C10H13N3S2/c1-5(2)14-10-12-8(11)7-4-6(3)15-9(7)13-10/h4-5H,1-3H3,(H2,11,12,13). The minimum Gasteiger partial charge on any atom is -0.383 e. The zero-order valence-corrected chi connectivity index (χ0v) is 10.6. The van der Waals surface area contributed by atoms with E-state index in [4.69, 9.17) is 5.73 Å². The Morgan fingerprint density at radius 2 is 2.13 bits per heavy atom. The molecular formula is C10H13N3S2. The van der Waals surface area contributed by atoms with Crippen molar-refractivity contribution in [2.24, 2.45) is 0 Å². The number of aromatic nitrogens is 2. The van der Waals surface area contributed by atoms with Gasteiger partial charge in [0.25, 0.3) is 0 Å². The van der Waals surface area contributed by atoms with Crippen LogP contribution in [-0.4, -0.2) is 15.2 Å². The molecule has 0 fully saturated rings. The molecule has 0 radical (unpaired) electrons. The van der Waals surface area contributed by atoms with Crippen LogP contribution in [0.25, 0.3) is 10.2 Å². The Morgan fingerprint density at radius 3 is 2.80 bits per heavy atom. The van der Waals surface area contributed by atoms with Crippen LogP contribution in [0.1, 0.15) is 18.7 Å². The molecule has 0 aliphatic heterocycles. The van der Waals surface area contributed by atoms with Gasteiger partial charge in [-0.25, -0.2) is 9.97 Å². The lowest BCUT2D eigenvalue weighted by atomic mass is 10.3. The molecule has 80 valence electrons. The number of rotatable bonds is 2. The highest BCUT2D eigenvalue weighted by atomic mass is 32.2. The Balaban J connectivity index is 2.51. The molecule has 0 amide bonds. The summed E-state index contributed by atoms with van der Waals surface area (Å²) >= 11 is 3.30. The number of thioether (sulfide) groups is 1. The van der Waals surface area contributed by atoms with Gasteiger partial charge in [0, 0.05) is 10.1 Å². The average molecular weight is 239 g/mol. The van der Waals surface area contributed by atoms with Crippen LogP contribution in [0.2, 0.25) is 0 Å². The quantitative estimate of drug-likeness (QED) is 0.646. The average Bonchev–Trinajstić information content (AvgIpc) is 2.44. The highest BCUT2D eigenvalue weighted by molar-refractivity contribution is 7.99. The van der Waals surface area contributed by atoms with E-state index in [-0.39, 0.29) is 0 Å². The molecule has 0 aromatic carbocycles. The molecular weight excluding hydrogens is 226 g/mol. The number of thiophene rings is 1. The third-order valence-corrected chi connectivity index (χ3v) is 3.68. The molecule has 0 aliphatic carbocycles. The van der Waals surface area contributed by atoms with Crippen LogP contribution < -0.4 is 5.73 Å². The Hall–Kier alpha value is -0.810. The van der Waals surface area contributed by atoms with Crippen LogP contribution in [0.3, 0.4) is 0 Å². The second-order valence-corrected chi connectivity index (χ2v) is 6.41. The van der Waals surface area contributed by atoms with Crippen molar-refractivity contribution >= 4 is 39.1 Å². The first-order valence-corrected chi connectivity index (χ1v) is 6.46. The van der Waals surface area contributed by atoms with E-state index in [2.05, 4.69) is 30.7 Å². The first kappa shape index (κ1) is 10.7. The van der Waals surface area contributed by atoms with Crippen molar-refractivity contribution in [3.63, 3.8) is 0 Å². The predicted octanol–water partition coefficient (Wildman–Crippen LogP) is 3.08. The molecule has 0 bridgehead atoms. The van der Waals surface area contributed by atoms with Crippen molar-refractivity contribution in [1.82, 2.24) is 9.97 Å². The first-order chi connectivity index (χ1) is 7.06. The highest BCUT2D eigenvalue weighted by Gasteiger charge is 2.09. The van der Waals surface area contributed by atoms with E-state index in [1.165, 1.54) is 4.88 Å². The second kappa shape index (κ2) is 3.98. The van der Waals surface area contributed by atoms with Crippen molar-refractivity contribution in [2.75, 3.05) is 5.73 Å². The summed E-state index contributed by atoms with van der Waals surface area (Å²) in [5, 5.41) is 2.23. The van der Waals surface area contributed by atoms with Gasteiger partial charge in [0.05, 0.1) is 5.39 Å². The zero-order valence-electron chi connectivity index (χ0n) is 8.94. The van der Waals surface area contributed by atoms with Gasteiger partial charge in [-0.15, -0.1) is 11.3 Å². The van der Waals surface area contributed by atoms with E-state index in [0.717, 1.165) is 15.4 Å². The van der Waals surface area contributed by atoms with Gasteiger partial charge in [-0.2, -0.15) is 0 Å². The Morgan fingerprint density at radius 1 is 1.40 bits per heavy atom. The summed E-state index contributed by atoms with van der Waals surface area (Å²) in [7, 11) is 0. The van der Waals surface area contributed by atoms with E-state index < -0.39 is 0 Å². The second-order valence-electron chi connectivity index (χ2n) is 3.63. The monoisotopic (exact) mass is 239 g/mol. The summed E-state index contributed by atoms with van der Waals surface area (Å²) in [4.78, 5) is 11.0. The van der Waals surface area contributed by atoms with Crippen LogP contribution in [0.4, 0.5) is 5.82 Å². The number of nitrogen functional groups attached to an aromatic ring is 1. The first-order valence-electron chi connectivity index (χ1n) is 4.76. The fraction of sp³-hybridized carbons (Fsp3) is 0.400. The van der Waals surface area contributed by atoms with Crippen molar-refractivity contribution in [3.8, 4) is 0 Å². The summed E-state index contributed by atoms with van der Waals surface area (Å²) in [6.45, 7) is 6.29. The lowest BCUT2D eigenvalue weighted by molar-refractivity contribution is 0.996. The Kier molecular flexibility index (Phi) is 2.84. The number of nitrogens with zero attached hydrogens (tertiary/aromatic N) is 2. The van der Waals surface area contributed by atoms with Crippen molar-refractivity contribution in [2.45, 2.75) is 31.2 Å². The largest absolute Gasteiger partial charge is 0.383 e. The molecule has 0 spiro atoms. The van der Waals surface area contributed by atoms with Gasteiger partial charge >= 0.3 is 0 Å². The van der Waals surface area contributed by atoms with E-state index in [1.54, 1.807) is 23.1 Å². The number of hydrogen-bond acceptors (Lipinski definition) is 5. The SMILES string of the molecule is Cc1cc2c(N)nc(SC(C)C)nc2s1. The zero-order chi connectivity index (χ0) is 11.0. The molecule has 2 aromatic heterocycles. The van der Waals surface area contributed by atoms with Crippen molar-refractivity contribution in [3.05, 3.63) is 10.9 Å². The van der Waals surface area contributed by atoms with E-state index in [9.17, 15) is 0 Å². The van der Waals surface area contributed by atoms with Gasteiger partial charge in [-0.05, 0) is 13.0 Å². The maximum absolute atomic E-state index is 5.89. The van der Waals surface area contributed by atoms with Gasteiger partial charge in [0.1, 0.15) is 10.6 Å². The smallest absolute Gasteiger partial charge is 0.191 e. The molecule has 2 heterocycles. The summed E-state index contributed by atoms with van der Waals surface area (Å²) in [5.41, 5.74) is 5.89. The molecule has 5 heteroatoms. The summed E-state index contributed by atoms with van der Waals surface area (Å²) < 4.78 is 0. The molecule has 0 aliphatic rings. The number of hydrogen-bond donors (Lipinski definition) is 1. The van der Waals surface area contributed by atoms with Gasteiger partial charge in [0.2, 0.25) is 0 Å². The fourth-order valence-electron chi connectivity index (χ4n) is 1.31. The maximum Gasteiger partial charge on any atom is 0.191 e. The maximum atomic E-state index is 5.89. The minimum absolute atomic E-state index is 0.475. The topological polar surface area (TPSA) is 51.8 Å². The molecule has 3 nitrogen and oxygen atoms in total. The molecule has 2 N–H and O–H groups in total. The number of nitrogens with two attached hydrogens (primary N) is 1. The third kappa shape index (κ3) is 2.23. The lowest BCUT2D eigenvalue weighted by Crippen LogP contribution is -1.97. The van der Waals surface area contributed by atoms with Crippen LogP contribution in [0.15, 0.2) is 11.2 Å². The van der Waals surface area contributed by atoms with Gasteiger partial charge in [0.15, 0.2) is 5.16 Å². The molecule has 15 heavy (non-hydrogen) atoms. The fourth-order valence-corrected chi connectivity index (χ4v) is 2.97. The third-order valence-electron chi connectivity index (χ3n) is 1.87. The van der Waals surface area contributed by atoms with Crippen LogP contribution in [0, 0.1) is 6.92 Å². The normalized spacial score (nSPS) is 11.5. The molecule has 0 saturated carbocycles. The molecule has 0 unspecified atom stereocenters. The molecule has 0 saturated heterocycles. The molecule has 2 rings (SSSR count). The summed E-state index contributed by atoms with van der Waals surface area (Å²) in [6.07, 6.45) is 0. The van der Waals surface area contributed by atoms with Crippen LogP contribution in [0.5, 0.6) is 0 Å². The highest BCUT2D eigenvalue weighted by Crippen LogP contribution is 2.30. The van der Waals surface area contributed by atoms with Gasteiger partial charge in [-0.3, -0.25) is 0 Å². The van der Waals surface area contributed by atoms with Crippen LogP contribution >= 0.6 is 23.1 Å². The molecule has 0 atom stereocenters. The van der Waals surface area contributed by atoms with E-state index >= 15 is 0 Å². The van der Waals surface area contributed by atoms with E-state index in [1.807, 2.05) is 6.07 Å². The van der Waals surface area contributed by atoms with Gasteiger partial charge < -0.3 is 5.73 Å². The van der Waals surface area contributed by atoms with Crippen molar-refractivity contribution in [1.29, 1.82) is 0 Å². The Bertz CT molecular complexity index is 491. The van der Waals surface area contributed by atoms with Crippen molar-refractivity contribution < 1.29 is 0 Å². The lowest BCUT2D eigenvalue weighted by Gasteiger charge is -2.03. The summed E-state index contributed by atoms with van der Waals surface area (Å²) in [5.74, 6) is 0.590. The number of anilines is 1. The van der Waals surface area contributed by atoms with Gasteiger partial charge in [-0.1, -0.05) is 25.6 Å². The number of fused-ring (bicyclic) bond motifs is 1.